The van der Waals surface area contributed by atoms with Crippen molar-refractivity contribution >= 4 is 6.08 Å². The molecule has 0 nitrogen and oxygen atoms in total. The number of benzene rings is 1. The van der Waals surface area contributed by atoms with E-state index in [-0.39, 0.29) is 0 Å². The molecule has 2 rings (SSSR count). The van der Waals surface area contributed by atoms with Crippen LogP contribution in [0.4, 0.5) is 0 Å². The number of allylic oxidation sites excluding steroid dienone is 1. The van der Waals surface area contributed by atoms with Gasteiger partial charge in [0.05, 0.1) is 0 Å². The predicted octanol–water partition coefficient (Wildman–Crippen LogP) is 3.98. The first-order chi connectivity index (χ1) is 6.70. The third kappa shape index (κ3) is 1.61. The van der Waals surface area contributed by atoms with Gasteiger partial charge < -0.3 is 0 Å². The van der Waals surface area contributed by atoms with Crippen LogP contribution >= 0.6 is 0 Å². The van der Waals surface area contributed by atoms with E-state index < -0.39 is 0 Å². The summed E-state index contributed by atoms with van der Waals surface area (Å²) in [4.78, 5) is 0. The van der Waals surface area contributed by atoms with Crippen molar-refractivity contribution in [2.24, 2.45) is 5.92 Å². The van der Waals surface area contributed by atoms with E-state index in [1.165, 1.54) is 29.5 Å². The molecule has 1 aromatic carbocycles. The van der Waals surface area contributed by atoms with Crippen LogP contribution in [-0.4, -0.2) is 0 Å². The highest BCUT2D eigenvalue weighted by Crippen LogP contribution is 2.31. The van der Waals surface area contributed by atoms with Gasteiger partial charge in [-0.25, -0.2) is 0 Å². The summed E-state index contributed by atoms with van der Waals surface area (Å²) in [6.07, 6.45) is 4.81. The van der Waals surface area contributed by atoms with Gasteiger partial charge in [-0.05, 0) is 36.8 Å². The van der Waals surface area contributed by atoms with Gasteiger partial charge in [-0.3, -0.25) is 0 Å². The molecular formula is C14H18. The van der Waals surface area contributed by atoms with Gasteiger partial charge in [0.15, 0.2) is 0 Å². The fourth-order valence-corrected chi connectivity index (χ4v) is 2.06. The fourth-order valence-electron chi connectivity index (χ4n) is 2.06. The number of fused-ring (bicyclic) bond motifs is 1. The summed E-state index contributed by atoms with van der Waals surface area (Å²) in [7, 11) is 0. The molecule has 0 heterocycles. The Morgan fingerprint density at radius 1 is 1.36 bits per heavy atom. The van der Waals surface area contributed by atoms with Crippen LogP contribution < -0.4 is 0 Å². The second-order valence-corrected chi connectivity index (χ2v) is 4.41. The van der Waals surface area contributed by atoms with Crippen molar-refractivity contribution in [2.45, 2.75) is 33.6 Å². The van der Waals surface area contributed by atoms with Crippen molar-refractivity contribution in [1.82, 2.24) is 0 Å². The van der Waals surface area contributed by atoms with Gasteiger partial charge >= 0.3 is 0 Å². The Kier molecular flexibility index (Phi) is 2.45. The van der Waals surface area contributed by atoms with E-state index in [0.717, 1.165) is 5.92 Å². The van der Waals surface area contributed by atoms with E-state index in [2.05, 4.69) is 45.0 Å². The van der Waals surface area contributed by atoms with Crippen LogP contribution in [0.3, 0.4) is 0 Å². The third-order valence-electron chi connectivity index (χ3n) is 3.28. The van der Waals surface area contributed by atoms with Crippen molar-refractivity contribution in [3.63, 3.8) is 0 Å². The zero-order chi connectivity index (χ0) is 10.1. The van der Waals surface area contributed by atoms with Crippen LogP contribution in [0.2, 0.25) is 0 Å². The van der Waals surface area contributed by atoms with E-state index in [4.69, 9.17) is 0 Å². The molecule has 0 heteroatoms. The average molecular weight is 186 g/mol. The Balaban J connectivity index is 2.30. The second kappa shape index (κ2) is 3.61. The highest BCUT2D eigenvalue weighted by Gasteiger charge is 2.15. The molecule has 0 N–H and O–H groups in total. The molecule has 14 heavy (non-hydrogen) atoms. The largest absolute Gasteiger partial charge is 0.0648 e. The highest BCUT2D eigenvalue weighted by molar-refractivity contribution is 5.64. The molecule has 0 spiro atoms. The van der Waals surface area contributed by atoms with Crippen molar-refractivity contribution in [1.29, 1.82) is 0 Å². The Morgan fingerprint density at radius 3 is 2.86 bits per heavy atom. The Bertz CT molecular complexity index is 372. The molecule has 0 fully saturated rings. The van der Waals surface area contributed by atoms with E-state index in [9.17, 15) is 0 Å². The molecule has 0 saturated carbocycles. The van der Waals surface area contributed by atoms with Crippen LogP contribution in [-0.2, 0) is 6.42 Å². The molecule has 0 aromatic heterocycles. The fraction of sp³-hybridized carbons (Fsp3) is 0.429. The lowest BCUT2D eigenvalue weighted by Crippen LogP contribution is -1.96. The van der Waals surface area contributed by atoms with E-state index in [0.29, 0.717) is 0 Å². The summed E-state index contributed by atoms with van der Waals surface area (Å²) >= 11 is 0. The molecule has 1 aliphatic carbocycles. The minimum absolute atomic E-state index is 0.739. The van der Waals surface area contributed by atoms with E-state index in [1.807, 2.05) is 0 Å². The maximum atomic E-state index is 2.39. The molecule has 1 aliphatic rings. The monoisotopic (exact) mass is 186 g/mol. The number of hydrogen-bond acceptors (Lipinski definition) is 0. The summed E-state index contributed by atoms with van der Waals surface area (Å²) in [5, 5.41) is 0. The van der Waals surface area contributed by atoms with Crippen LogP contribution in [0.15, 0.2) is 23.8 Å². The van der Waals surface area contributed by atoms with Crippen molar-refractivity contribution in [3.8, 4) is 0 Å². The van der Waals surface area contributed by atoms with Crippen molar-refractivity contribution in [3.05, 3.63) is 40.5 Å². The molecule has 1 aromatic rings. The number of rotatable bonds is 2. The maximum Gasteiger partial charge on any atom is -0.00552 e. The summed E-state index contributed by atoms with van der Waals surface area (Å²) < 4.78 is 0. The first kappa shape index (κ1) is 9.51. The maximum absolute atomic E-state index is 2.39. The molecule has 0 saturated heterocycles. The van der Waals surface area contributed by atoms with Gasteiger partial charge in [0.25, 0.3) is 0 Å². The van der Waals surface area contributed by atoms with Crippen molar-refractivity contribution < 1.29 is 0 Å². The zero-order valence-corrected chi connectivity index (χ0v) is 9.30. The SMILES string of the molecule is CCC(C)C1=Cc2cc(C)ccc2C1. The summed E-state index contributed by atoms with van der Waals surface area (Å²) in [5.74, 6) is 0.739. The minimum Gasteiger partial charge on any atom is -0.0648 e. The molecule has 0 amide bonds. The molecular weight excluding hydrogens is 168 g/mol. The highest BCUT2D eigenvalue weighted by atomic mass is 14.2. The van der Waals surface area contributed by atoms with Gasteiger partial charge in [0, 0.05) is 0 Å². The number of aryl methyl sites for hydroxylation is 1. The third-order valence-corrected chi connectivity index (χ3v) is 3.28. The lowest BCUT2D eigenvalue weighted by Gasteiger charge is -2.08. The van der Waals surface area contributed by atoms with E-state index in [1.54, 1.807) is 5.57 Å². The standard InChI is InChI=1S/C14H18/c1-4-11(3)13-8-12-6-5-10(2)7-14(12)9-13/h5-7,9,11H,4,8H2,1-3H3. The summed E-state index contributed by atoms with van der Waals surface area (Å²) in [6.45, 7) is 6.75. The lowest BCUT2D eigenvalue weighted by molar-refractivity contribution is 0.647. The normalized spacial score (nSPS) is 16.4. The zero-order valence-electron chi connectivity index (χ0n) is 9.30. The first-order valence-corrected chi connectivity index (χ1v) is 5.50. The predicted molar refractivity (Wildman–Crippen MR) is 62.3 cm³/mol. The lowest BCUT2D eigenvalue weighted by atomic mass is 9.97. The van der Waals surface area contributed by atoms with E-state index >= 15 is 0 Å². The van der Waals surface area contributed by atoms with Crippen LogP contribution in [0.5, 0.6) is 0 Å². The summed E-state index contributed by atoms with van der Waals surface area (Å²) in [6, 6.07) is 6.79. The Hall–Kier alpha value is -1.04. The van der Waals surface area contributed by atoms with Gasteiger partial charge in [-0.1, -0.05) is 49.3 Å². The number of hydrogen-bond donors (Lipinski definition) is 0. The Labute approximate surface area is 86.7 Å². The van der Waals surface area contributed by atoms with Crippen LogP contribution in [0, 0.1) is 12.8 Å². The topological polar surface area (TPSA) is 0 Å². The van der Waals surface area contributed by atoms with Gasteiger partial charge in [-0.2, -0.15) is 0 Å². The van der Waals surface area contributed by atoms with Gasteiger partial charge in [0.2, 0.25) is 0 Å². The van der Waals surface area contributed by atoms with Gasteiger partial charge in [0.1, 0.15) is 0 Å². The molecule has 74 valence electrons. The average Bonchev–Trinajstić information content (AvgIpc) is 2.59. The van der Waals surface area contributed by atoms with Gasteiger partial charge in [-0.15, -0.1) is 0 Å². The van der Waals surface area contributed by atoms with Crippen LogP contribution in [0.1, 0.15) is 37.0 Å². The first-order valence-electron chi connectivity index (χ1n) is 5.50. The summed E-state index contributed by atoms with van der Waals surface area (Å²) in [5.41, 5.74) is 5.92. The second-order valence-electron chi connectivity index (χ2n) is 4.41. The molecule has 0 bridgehead atoms. The minimum atomic E-state index is 0.739. The molecule has 0 radical (unpaired) electrons. The molecule has 0 aliphatic heterocycles. The molecule has 1 atom stereocenters. The smallest absolute Gasteiger partial charge is 0.00552 e. The quantitative estimate of drug-likeness (QED) is 0.655. The Morgan fingerprint density at radius 2 is 2.14 bits per heavy atom. The van der Waals surface area contributed by atoms with Crippen LogP contribution in [0.25, 0.3) is 6.08 Å². The molecule has 1 unspecified atom stereocenters. The van der Waals surface area contributed by atoms with Crippen molar-refractivity contribution in [2.75, 3.05) is 0 Å².